The van der Waals surface area contributed by atoms with E-state index in [1.807, 2.05) is 24.3 Å². The summed E-state index contributed by atoms with van der Waals surface area (Å²) in [7, 11) is -0.0313. The zero-order valence-electron chi connectivity index (χ0n) is 22.5. The maximum absolute atomic E-state index is 14.7. The maximum atomic E-state index is 14.7. The standard InChI is InChI=1S/C32H28FN3O4S/c1-40-25-13-11-24(12-14-25)34-16-18-35(19-17-34)31(37)22-10-15-30-28(20-22)36(21-23-6-2-4-8-27(23)33)32(38)26-7-3-5-9-29(26)41(30)39/h2-15,20H,16-19,21H2,1H3/t41-/m0/s1. The normalized spacial score (nSPS) is 16.6. The molecule has 2 aliphatic rings. The molecule has 2 aliphatic heterocycles. The molecule has 0 unspecified atom stereocenters. The molecule has 4 aromatic rings. The molecule has 4 aromatic carbocycles. The second kappa shape index (κ2) is 11.2. The summed E-state index contributed by atoms with van der Waals surface area (Å²) in [4.78, 5) is 33.7. The minimum absolute atomic E-state index is 0.0672. The quantitative estimate of drug-likeness (QED) is 0.334. The van der Waals surface area contributed by atoms with Gasteiger partial charge in [-0.2, -0.15) is 0 Å². The van der Waals surface area contributed by atoms with Crippen LogP contribution in [0.2, 0.25) is 0 Å². The van der Waals surface area contributed by atoms with Crippen LogP contribution in [0.1, 0.15) is 26.3 Å². The van der Waals surface area contributed by atoms with E-state index in [2.05, 4.69) is 4.90 Å². The van der Waals surface area contributed by atoms with Crippen molar-refractivity contribution >= 4 is 34.0 Å². The molecule has 0 N–H and O–H groups in total. The van der Waals surface area contributed by atoms with Crippen molar-refractivity contribution in [2.45, 2.75) is 16.3 Å². The molecule has 6 rings (SSSR count). The number of hydrogen-bond donors (Lipinski definition) is 0. The maximum Gasteiger partial charge on any atom is 0.259 e. The van der Waals surface area contributed by atoms with Crippen LogP contribution in [-0.2, 0) is 17.3 Å². The fraction of sp³-hybridized carbons (Fsp3) is 0.188. The van der Waals surface area contributed by atoms with Gasteiger partial charge in [0.25, 0.3) is 11.8 Å². The molecule has 9 heteroatoms. The zero-order chi connectivity index (χ0) is 28.5. The van der Waals surface area contributed by atoms with Crippen LogP contribution in [0.3, 0.4) is 0 Å². The summed E-state index contributed by atoms with van der Waals surface area (Å²) in [6.07, 6.45) is 0. The Bertz CT molecular complexity index is 1650. The molecule has 0 bridgehead atoms. The van der Waals surface area contributed by atoms with Gasteiger partial charge in [-0.05, 0) is 60.7 Å². The monoisotopic (exact) mass is 569 g/mol. The third kappa shape index (κ3) is 5.09. The predicted octanol–water partition coefficient (Wildman–Crippen LogP) is 5.12. The van der Waals surface area contributed by atoms with Gasteiger partial charge in [0.05, 0.1) is 45.5 Å². The Kier molecular flexibility index (Phi) is 7.28. The smallest absolute Gasteiger partial charge is 0.259 e. The summed E-state index contributed by atoms with van der Waals surface area (Å²) in [5, 5.41) is 0. The van der Waals surface area contributed by atoms with E-state index in [-0.39, 0.29) is 12.5 Å². The predicted molar refractivity (Wildman–Crippen MR) is 156 cm³/mol. The molecule has 1 saturated heterocycles. The first-order chi connectivity index (χ1) is 19.9. The van der Waals surface area contributed by atoms with Crippen LogP contribution in [0.5, 0.6) is 5.75 Å². The van der Waals surface area contributed by atoms with Crippen molar-refractivity contribution < 1.29 is 22.9 Å². The van der Waals surface area contributed by atoms with Crippen LogP contribution >= 0.6 is 0 Å². The largest absolute Gasteiger partial charge is 0.497 e. The third-order valence-corrected chi connectivity index (χ3v) is 9.05. The van der Waals surface area contributed by atoms with Gasteiger partial charge in [0.15, 0.2) is 0 Å². The number of nitrogens with zero attached hydrogens (tertiary/aromatic N) is 3. The van der Waals surface area contributed by atoms with Gasteiger partial charge in [0.1, 0.15) is 11.6 Å². The lowest BCUT2D eigenvalue weighted by Gasteiger charge is -2.36. The molecule has 2 amide bonds. The van der Waals surface area contributed by atoms with E-state index in [0.717, 1.165) is 11.4 Å². The molecular formula is C32H28FN3O4S. The molecule has 41 heavy (non-hydrogen) atoms. The SMILES string of the molecule is COc1ccc(N2CCN(C(=O)c3ccc4c(c3)N(Cc3ccccc3F)C(=O)c3ccccc3[S@@]4=O)CC2)cc1. The van der Waals surface area contributed by atoms with Gasteiger partial charge in [-0.25, -0.2) is 8.60 Å². The Morgan fingerprint density at radius 3 is 2.32 bits per heavy atom. The van der Waals surface area contributed by atoms with Crippen LogP contribution in [0.15, 0.2) is 101 Å². The Hall–Kier alpha value is -4.50. The number of piperazine rings is 1. The van der Waals surface area contributed by atoms with Crippen molar-refractivity contribution in [1.82, 2.24) is 4.90 Å². The number of rotatable bonds is 5. The lowest BCUT2D eigenvalue weighted by molar-refractivity contribution is 0.0746. The highest BCUT2D eigenvalue weighted by Crippen LogP contribution is 2.36. The molecule has 0 spiro atoms. The first-order valence-electron chi connectivity index (χ1n) is 13.3. The van der Waals surface area contributed by atoms with Gasteiger partial charge in [-0.3, -0.25) is 9.59 Å². The number of carbonyl (C=O) groups is 2. The number of hydrogen-bond acceptors (Lipinski definition) is 5. The van der Waals surface area contributed by atoms with Crippen LogP contribution in [0.4, 0.5) is 15.8 Å². The molecule has 0 aromatic heterocycles. The molecule has 1 fully saturated rings. The van der Waals surface area contributed by atoms with Crippen molar-refractivity contribution in [2.24, 2.45) is 0 Å². The summed E-state index contributed by atoms with van der Waals surface area (Å²) in [5.41, 5.74) is 2.41. The summed E-state index contributed by atoms with van der Waals surface area (Å²) in [5.74, 6) is -0.221. The van der Waals surface area contributed by atoms with Gasteiger partial charge in [0, 0.05) is 43.0 Å². The van der Waals surface area contributed by atoms with E-state index < -0.39 is 22.5 Å². The summed E-state index contributed by atoms with van der Waals surface area (Å²) in [6, 6.07) is 25.8. The number of carbonyl (C=O) groups excluding carboxylic acids is 2. The Labute approximate surface area is 240 Å². The fourth-order valence-corrected chi connectivity index (χ4v) is 6.64. The number of methoxy groups -OCH3 is 1. The number of ether oxygens (including phenoxy) is 1. The van der Waals surface area contributed by atoms with E-state index in [0.29, 0.717) is 58.3 Å². The highest BCUT2D eigenvalue weighted by molar-refractivity contribution is 7.85. The van der Waals surface area contributed by atoms with Crippen LogP contribution in [-0.4, -0.2) is 54.2 Å². The molecule has 0 aliphatic carbocycles. The number of halogens is 1. The Morgan fingerprint density at radius 1 is 0.878 bits per heavy atom. The highest BCUT2D eigenvalue weighted by atomic mass is 32.2. The summed E-state index contributed by atoms with van der Waals surface area (Å²) < 4.78 is 33.6. The zero-order valence-corrected chi connectivity index (χ0v) is 23.3. The second-order valence-electron chi connectivity index (χ2n) is 9.91. The van der Waals surface area contributed by atoms with Crippen LogP contribution in [0, 0.1) is 5.82 Å². The summed E-state index contributed by atoms with van der Waals surface area (Å²) >= 11 is 0. The molecule has 0 saturated carbocycles. The van der Waals surface area contributed by atoms with Crippen LogP contribution in [0.25, 0.3) is 0 Å². The topological polar surface area (TPSA) is 70.2 Å². The fourth-order valence-electron chi connectivity index (χ4n) is 5.29. The number of benzene rings is 4. The first kappa shape index (κ1) is 26.7. The second-order valence-corrected chi connectivity index (χ2v) is 11.3. The average Bonchev–Trinajstić information content (AvgIpc) is 3.11. The third-order valence-electron chi connectivity index (χ3n) is 7.55. The highest BCUT2D eigenvalue weighted by Gasteiger charge is 2.33. The van der Waals surface area contributed by atoms with Gasteiger partial charge in [0.2, 0.25) is 0 Å². The lowest BCUT2D eigenvalue weighted by Crippen LogP contribution is -2.48. The van der Waals surface area contributed by atoms with Gasteiger partial charge in [-0.15, -0.1) is 0 Å². The van der Waals surface area contributed by atoms with E-state index in [1.165, 1.54) is 11.0 Å². The Balaban J connectivity index is 1.30. The van der Waals surface area contributed by atoms with E-state index in [9.17, 15) is 18.2 Å². The number of anilines is 2. The van der Waals surface area contributed by atoms with E-state index in [1.54, 1.807) is 72.7 Å². The Morgan fingerprint density at radius 2 is 1.59 bits per heavy atom. The molecule has 0 radical (unpaired) electrons. The average molecular weight is 570 g/mol. The van der Waals surface area contributed by atoms with Crippen LogP contribution < -0.4 is 14.5 Å². The lowest BCUT2D eigenvalue weighted by atomic mass is 10.1. The minimum atomic E-state index is -1.66. The van der Waals surface area contributed by atoms with Gasteiger partial charge >= 0.3 is 0 Å². The molecule has 208 valence electrons. The van der Waals surface area contributed by atoms with E-state index in [4.69, 9.17) is 4.74 Å². The van der Waals surface area contributed by atoms with Crippen molar-refractivity contribution in [3.8, 4) is 5.75 Å². The molecule has 7 nitrogen and oxygen atoms in total. The van der Waals surface area contributed by atoms with Crippen molar-refractivity contribution in [3.05, 3.63) is 114 Å². The van der Waals surface area contributed by atoms with Crippen molar-refractivity contribution in [2.75, 3.05) is 43.1 Å². The van der Waals surface area contributed by atoms with Gasteiger partial charge < -0.3 is 19.4 Å². The minimum Gasteiger partial charge on any atom is -0.497 e. The molecule has 2 heterocycles. The van der Waals surface area contributed by atoms with Crippen molar-refractivity contribution in [3.63, 3.8) is 0 Å². The molecular weight excluding hydrogens is 541 g/mol. The number of fused-ring (bicyclic) bond motifs is 2. The molecule has 1 atom stereocenters. The number of amides is 2. The van der Waals surface area contributed by atoms with Gasteiger partial charge in [-0.1, -0.05) is 30.3 Å². The first-order valence-corrected chi connectivity index (χ1v) is 14.5. The van der Waals surface area contributed by atoms with Crippen molar-refractivity contribution in [1.29, 1.82) is 0 Å². The summed E-state index contributed by atoms with van der Waals surface area (Å²) in [6.45, 7) is 2.32. The van der Waals surface area contributed by atoms with E-state index >= 15 is 0 Å².